The van der Waals surface area contributed by atoms with Gasteiger partial charge in [0.05, 0.1) is 0 Å². The summed E-state index contributed by atoms with van der Waals surface area (Å²) in [5.41, 5.74) is 0. The second-order valence-electron chi connectivity index (χ2n) is 2.08. The van der Waals surface area contributed by atoms with Crippen molar-refractivity contribution in [3.05, 3.63) is 0 Å². The fourth-order valence-corrected chi connectivity index (χ4v) is 0. The lowest BCUT2D eigenvalue weighted by atomic mass is 10.9. The Hall–Kier alpha value is -2.48. The van der Waals surface area contributed by atoms with E-state index in [1.807, 2.05) is 0 Å². The first kappa shape index (κ1) is 115. The Morgan fingerprint density at radius 3 is 0.400 bits per heavy atom. The first-order valence-corrected chi connectivity index (χ1v) is 3.71. The van der Waals surface area contributed by atoms with Crippen molar-refractivity contribution in [2.75, 3.05) is 0 Å². The Kier molecular flexibility index (Phi) is 460. The van der Waals surface area contributed by atoms with Gasteiger partial charge in [0.2, 0.25) is 0 Å². The van der Waals surface area contributed by atoms with Gasteiger partial charge in [-0.1, -0.05) is 0 Å². The van der Waals surface area contributed by atoms with Gasteiger partial charge < -0.3 is 71.1 Å². The summed E-state index contributed by atoms with van der Waals surface area (Å²) < 4.78 is 0. The molecule has 0 heterocycles. The van der Waals surface area contributed by atoms with Crippen LogP contribution in [0.1, 0.15) is 27.7 Å². The van der Waals surface area contributed by atoms with Crippen molar-refractivity contribution >= 4 is 23.9 Å². The van der Waals surface area contributed by atoms with E-state index in [0.717, 1.165) is 27.7 Å². The zero-order valence-electron chi connectivity index (χ0n) is 14.3. The highest BCUT2D eigenvalue weighted by molar-refractivity contribution is 5.63. The van der Waals surface area contributed by atoms with Crippen molar-refractivity contribution in [1.29, 1.82) is 0 Å². The summed E-state index contributed by atoms with van der Waals surface area (Å²) in [4.78, 5) is 36.0. The number of carboxylic acids is 4. The van der Waals surface area contributed by atoms with Gasteiger partial charge in [-0.25, -0.2) is 0 Å². The van der Waals surface area contributed by atoms with E-state index in [1.165, 1.54) is 0 Å². The molecular weight excluding hydrogens is 364 g/mol. The minimum absolute atomic E-state index is 0. The number of carbonyl (C=O) groups is 4. The Morgan fingerprint density at radius 1 is 0.400 bits per heavy atom. The van der Waals surface area contributed by atoms with Gasteiger partial charge in [0.25, 0.3) is 23.9 Å². The molecular formula is C8H36N2O15. The van der Waals surface area contributed by atoms with Crippen LogP contribution in [0, 0.1) is 0 Å². The summed E-state index contributed by atoms with van der Waals surface area (Å²) in [6.07, 6.45) is 0. The molecule has 0 saturated carbocycles. The van der Waals surface area contributed by atoms with Crippen LogP contribution < -0.4 is 12.3 Å². The molecule has 0 aliphatic heterocycles. The van der Waals surface area contributed by atoms with E-state index in [1.54, 1.807) is 0 Å². The fraction of sp³-hybridized carbons (Fsp3) is 0.500. The molecule has 0 radical (unpaired) electrons. The largest absolute Gasteiger partial charge is 0.481 e. The lowest BCUT2D eigenvalue weighted by Gasteiger charge is -1.59. The van der Waals surface area contributed by atoms with Crippen LogP contribution in [-0.2, 0) is 19.2 Å². The van der Waals surface area contributed by atoms with Crippen molar-refractivity contribution in [3.8, 4) is 0 Å². The minimum Gasteiger partial charge on any atom is -0.481 e. The van der Waals surface area contributed by atoms with Crippen LogP contribution in [0.4, 0.5) is 0 Å². The lowest BCUT2D eigenvalue weighted by Crippen LogP contribution is -1.78. The number of aliphatic carboxylic acids is 4. The quantitative estimate of drug-likeness (QED) is 0.224. The topological polar surface area (TPSA) is 440 Å². The summed E-state index contributed by atoms with van der Waals surface area (Å²) in [7, 11) is 0. The second kappa shape index (κ2) is 100.0. The third-order valence-corrected chi connectivity index (χ3v) is 0. The second-order valence-corrected chi connectivity index (χ2v) is 2.08. The molecule has 0 saturated heterocycles. The molecule has 168 valence electrons. The maximum absolute atomic E-state index is 9.00. The number of carboxylic acid groups (broad SMARTS) is 4. The molecule has 0 aromatic carbocycles. The summed E-state index contributed by atoms with van der Waals surface area (Å²) in [5.74, 6) is -3.33. The lowest BCUT2D eigenvalue weighted by molar-refractivity contribution is -0.135. The van der Waals surface area contributed by atoms with E-state index in [4.69, 9.17) is 39.6 Å². The van der Waals surface area contributed by atoms with E-state index in [9.17, 15) is 0 Å². The molecule has 0 spiro atoms. The first-order valence-electron chi connectivity index (χ1n) is 3.71. The van der Waals surface area contributed by atoms with Crippen molar-refractivity contribution in [1.82, 2.24) is 12.3 Å². The molecule has 0 rings (SSSR count). The molecule has 0 aliphatic carbocycles. The third kappa shape index (κ3) is 1330. The third-order valence-electron chi connectivity index (χ3n) is 0. The summed E-state index contributed by atoms with van der Waals surface area (Å²) in [6.45, 7) is 4.33. The van der Waals surface area contributed by atoms with Gasteiger partial charge in [-0.3, -0.25) is 19.2 Å². The first-order chi connectivity index (χ1) is 6.93. The van der Waals surface area contributed by atoms with Crippen LogP contribution in [0.15, 0.2) is 0 Å². The fourth-order valence-electron chi connectivity index (χ4n) is 0. The van der Waals surface area contributed by atoms with Gasteiger partial charge in [0, 0.05) is 27.7 Å². The Bertz CT molecular complexity index is 172. The van der Waals surface area contributed by atoms with Gasteiger partial charge in [-0.05, 0) is 0 Å². The molecule has 17 nitrogen and oxygen atoms in total. The van der Waals surface area contributed by atoms with E-state index in [-0.39, 0.29) is 50.6 Å². The molecule has 0 atom stereocenters. The van der Waals surface area contributed by atoms with Crippen molar-refractivity contribution in [2.24, 2.45) is 0 Å². The highest BCUT2D eigenvalue weighted by Crippen LogP contribution is 1.43. The summed E-state index contributed by atoms with van der Waals surface area (Å²) in [6, 6.07) is 0. The van der Waals surface area contributed by atoms with E-state index < -0.39 is 23.9 Å². The van der Waals surface area contributed by atoms with Crippen LogP contribution >= 0.6 is 0 Å². The Labute approximate surface area is 143 Å². The molecule has 0 fully saturated rings. The van der Waals surface area contributed by atoms with Gasteiger partial charge in [-0.15, -0.1) is 0 Å². The number of hydrogen-bond acceptors (Lipinski definition) is 6. The summed E-state index contributed by atoms with van der Waals surface area (Å²) >= 11 is 0. The van der Waals surface area contributed by atoms with Gasteiger partial charge in [-0.2, -0.15) is 0 Å². The average molecular weight is 400 g/mol. The molecule has 17 heteroatoms. The van der Waals surface area contributed by atoms with E-state index in [2.05, 4.69) is 0 Å². The monoisotopic (exact) mass is 400 g/mol. The summed E-state index contributed by atoms with van der Waals surface area (Å²) in [5, 5.41) is 29.7. The minimum atomic E-state index is -0.833. The highest BCUT2D eigenvalue weighted by atomic mass is 16.4. The predicted octanol–water partition coefficient (Wildman–Crippen LogP) is -5.09. The highest BCUT2D eigenvalue weighted by Gasteiger charge is 1.66. The maximum atomic E-state index is 9.00. The average Bonchev–Trinajstić information content (AvgIpc) is 1.76. The van der Waals surface area contributed by atoms with Crippen LogP contribution in [0.2, 0.25) is 0 Å². The number of hydrogen-bond donors (Lipinski definition) is 6. The van der Waals surface area contributed by atoms with Gasteiger partial charge >= 0.3 is 0 Å². The standard InChI is InChI=1S/4C2H4O2.2H3N.7H2O/c4*1-2(3)4;;;;;;;;;/h4*1H3,(H,3,4);2*1H3;7*1H2. The maximum Gasteiger partial charge on any atom is 0.300 e. The van der Waals surface area contributed by atoms with Crippen LogP contribution in [-0.4, -0.2) is 82.6 Å². The van der Waals surface area contributed by atoms with Crippen molar-refractivity contribution < 1.29 is 77.9 Å². The SMILES string of the molecule is CC(=O)O.CC(=O)O.CC(=O)O.CC(=O)O.N.N.O.O.O.O.O.O.O. The molecule has 0 aromatic heterocycles. The zero-order chi connectivity index (χ0) is 14.3. The number of rotatable bonds is 0. The van der Waals surface area contributed by atoms with E-state index in [0.29, 0.717) is 0 Å². The Morgan fingerprint density at radius 2 is 0.400 bits per heavy atom. The van der Waals surface area contributed by atoms with Crippen molar-refractivity contribution in [2.45, 2.75) is 27.7 Å². The molecule has 25 heavy (non-hydrogen) atoms. The Balaban J connectivity index is -0.00000000623. The van der Waals surface area contributed by atoms with Crippen LogP contribution in [0.3, 0.4) is 0 Å². The molecule has 0 aliphatic rings. The van der Waals surface area contributed by atoms with E-state index >= 15 is 0 Å². The van der Waals surface area contributed by atoms with Gasteiger partial charge in [0.1, 0.15) is 0 Å². The normalized spacial score (nSPS) is 4.00. The molecule has 24 N–H and O–H groups in total. The predicted molar refractivity (Wildman–Crippen MR) is 88.6 cm³/mol. The van der Waals surface area contributed by atoms with Crippen LogP contribution in [0.25, 0.3) is 0 Å². The smallest absolute Gasteiger partial charge is 0.300 e. The molecule has 0 bridgehead atoms. The van der Waals surface area contributed by atoms with Gasteiger partial charge in [0.15, 0.2) is 0 Å². The molecule has 0 amide bonds. The zero-order valence-corrected chi connectivity index (χ0v) is 14.3. The van der Waals surface area contributed by atoms with Crippen LogP contribution in [0.5, 0.6) is 0 Å². The molecule has 0 unspecified atom stereocenters. The van der Waals surface area contributed by atoms with Crippen molar-refractivity contribution in [3.63, 3.8) is 0 Å². The molecule has 0 aromatic rings.